The average Bonchev–Trinajstić information content (AvgIpc) is 2.83. The van der Waals surface area contributed by atoms with Crippen molar-refractivity contribution in [1.29, 1.82) is 0 Å². The standard InChI is InChI=1S/C15H15BrO3S/c1-19-12-4-2-3-10(8-12)7-11(15(17)18)9-13-5-6-14(16)20-13/h2-6,8,11H,7,9H2,1H3,(H,17,18). The van der Waals surface area contributed by atoms with E-state index in [9.17, 15) is 9.90 Å². The lowest BCUT2D eigenvalue weighted by Gasteiger charge is -2.12. The van der Waals surface area contributed by atoms with Crippen molar-refractivity contribution in [3.8, 4) is 5.75 Å². The van der Waals surface area contributed by atoms with Crippen LogP contribution in [0.5, 0.6) is 5.75 Å². The van der Waals surface area contributed by atoms with Crippen LogP contribution in [0.25, 0.3) is 0 Å². The van der Waals surface area contributed by atoms with Gasteiger partial charge in [0, 0.05) is 4.88 Å². The molecular formula is C15H15BrO3S. The molecular weight excluding hydrogens is 340 g/mol. The number of carboxylic acids is 1. The lowest BCUT2D eigenvalue weighted by atomic mass is 9.95. The van der Waals surface area contributed by atoms with Crippen LogP contribution in [-0.4, -0.2) is 18.2 Å². The van der Waals surface area contributed by atoms with Crippen LogP contribution >= 0.6 is 27.3 Å². The van der Waals surface area contributed by atoms with Crippen LogP contribution in [0.4, 0.5) is 0 Å². The largest absolute Gasteiger partial charge is 0.497 e. The molecule has 2 rings (SSSR count). The molecule has 0 saturated carbocycles. The molecule has 20 heavy (non-hydrogen) atoms. The molecule has 0 amide bonds. The maximum Gasteiger partial charge on any atom is 0.307 e. The van der Waals surface area contributed by atoms with Gasteiger partial charge in [0.25, 0.3) is 0 Å². The average molecular weight is 355 g/mol. The van der Waals surface area contributed by atoms with Gasteiger partial charge in [0.2, 0.25) is 0 Å². The van der Waals surface area contributed by atoms with Gasteiger partial charge >= 0.3 is 5.97 Å². The van der Waals surface area contributed by atoms with Crippen molar-refractivity contribution in [3.05, 3.63) is 50.6 Å². The quantitative estimate of drug-likeness (QED) is 0.852. The number of ether oxygens (including phenoxy) is 1. The minimum atomic E-state index is -0.766. The summed E-state index contributed by atoms with van der Waals surface area (Å²) in [5, 5.41) is 9.39. The Morgan fingerprint density at radius 1 is 1.35 bits per heavy atom. The van der Waals surface area contributed by atoms with E-state index in [0.29, 0.717) is 12.8 Å². The molecule has 1 heterocycles. The number of benzene rings is 1. The van der Waals surface area contributed by atoms with Crippen molar-refractivity contribution >= 4 is 33.2 Å². The van der Waals surface area contributed by atoms with Crippen LogP contribution in [0.15, 0.2) is 40.2 Å². The summed E-state index contributed by atoms with van der Waals surface area (Å²) in [7, 11) is 1.61. The highest BCUT2D eigenvalue weighted by Gasteiger charge is 2.19. The molecule has 0 spiro atoms. The number of carboxylic acid groups (broad SMARTS) is 1. The number of carbonyl (C=O) groups is 1. The molecule has 0 radical (unpaired) electrons. The molecule has 106 valence electrons. The predicted octanol–water partition coefficient (Wildman–Crippen LogP) is 4.01. The Hall–Kier alpha value is -1.33. The maximum absolute atomic E-state index is 11.4. The van der Waals surface area contributed by atoms with E-state index in [1.165, 1.54) is 0 Å². The van der Waals surface area contributed by atoms with Gasteiger partial charge in [-0.15, -0.1) is 11.3 Å². The molecule has 1 atom stereocenters. The zero-order chi connectivity index (χ0) is 14.5. The van der Waals surface area contributed by atoms with Gasteiger partial charge < -0.3 is 9.84 Å². The third-order valence-corrected chi connectivity index (χ3v) is 4.69. The summed E-state index contributed by atoms with van der Waals surface area (Å²) in [5.74, 6) is -0.435. The first kappa shape index (κ1) is 15.1. The molecule has 0 bridgehead atoms. The Kier molecular flexibility index (Phi) is 5.20. The molecule has 1 aromatic carbocycles. The van der Waals surface area contributed by atoms with Gasteiger partial charge in [-0.2, -0.15) is 0 Å². The van der Waals surface area contributed by atoms with Gasteiger partial charge in [-0.3, -0.25) is 4.79 Å². The lowest BCUT2D eigenvalue weighted by molar-refractivity contribution is -0.141. The molecule has 0 aliphatic heterocycles. The van der Waals surface area contributed by atoms with Crippen molar-refractivity contribution < 1.29 is 14.6 Å². The highest BCUT2D eigenvalue weighted by molar-refractivity contribution is 9.11. The zero-order valence-corrected chi connectivity index (χ0v) is 13.4. The number of hydrogen-bond donors (Lipinski definition) is 1. The van der Waals surface area contributed by atoms with E-state index in [4.69, 9.17) is 4.74 Å². The zero-order valence-electron chi connectivity index (χ0n) is 11.0. The number of hydrogen-bond acceptors (Lipinski definition) is 3. The summed E-state index contributed by atoms with van der Waals surface area (Å²) in [6.07, 6.45) is 1.05. The van der Waals surface area contributed by atoms with Gasteiger partial charge in [-0.05, 0) is 58.6 Å². The van der Waals surface area contributed by atoms with E-state index in [1.807, 2.05) is 36.4 Å². The Morgan fingerprint density at radius 2 is 2.15 bits per heavy atom. The van der Waals surface area contributed by atoms with E-state index in [0.717, 1.165) is 20.0 Å². The monoisotopic (exact) mass is 354 g/mol. The number of halogens is 1. The van der Waals surface area contributed by atoms with Gasteiger partial charge in [-0.25, -0.2) is 0 Å². The minimum Gasteiger partial charge on any atom is -0.497 e. The molecule has 2 aromatic rings. The van der Waals surface area contributed by atoms with Crippen molar-refractivity contribution in [1.82, 2.24) is 0 Å². The normalized spacial score (nSPS) is 12.1. The Labute approximate surface area is 130 Å². The summed E-state index contributed by atoms with van der Waals surface area (Å²) in [6, 6.07) is 11.5. The minimum absolute atomic E-state index is 0.423. The fraction of sp³-hybridized carbons (Fsp3) is 0.267. The van der Waals surface area contributed by atoms with Crippen LogP contribution in [0, 0.1) is 5.92 Å². The summed E-state index contributed by atoms with van der Waals surface area (Å²) in [5.41, 5.74) is 0.979. The lowest BCUT2D eigenvalue weighted by Crippen LogP contribution is -2.18. The molecule has 1 N–H and O–H groups in total. The third-order valence-electron chi connectivity index (χ3n) is 3.04. The van der Waals surface area contributed by atoms with Crippen molar-refractivity contribution in [2.75, 3.05) is 7.11 Å². The topological polar surface area (TPSA) is 46.5 Å². The Bertz CT molecular complexity index is 594. The van der Waals surface area contributed by atoms with E-state index < -0.39 is 11.9 Å². The second-order valence-electron chi connectivity index (χ2n) is 4.50. The fourth-order valence-electron chi connectivity index (χ4n) is 2.04. The van der Waals surface area contributed by atoms with Gasteiger partial charge in [0.15, 0.2) is 0 Å². The van der Waals surface area contributed by atoms with Crippen LogP contribution in [0.1, 0.15) is 10.4 Å². The van der Waals surface area contributed by atoms with Crippen LogP contribution in [-0.2, 0) is 17.6 Å². The maximum atomic E-state index is 11.4. The highest BCUT2D eigenvalue weighted by Crippen LogP contribution is 2.26. The molecule has 5 heteroatoms. The Morgan fingerprint density at radius 3 is 2.75 bits per heavy atom. The molecule has 0 fully saturated rings. The first-order chi connectivity index (χ1) is 9.58. The SMILES string of the molecule is COc1cccc(CC(Cc2ccc(Br)s2)C(=O)O)c1. The molecule has 0 aliphatic rings. The number of aliphatic carboxylic acids is 1. The molecule has 3 nitrogen and oxygen atoms in total. The number of rotatable bonds is 6. The fourth-order valence-corrected chi connectivity index (χ4v) is 3.60. The summed E-state index contributed by atoms with van der Waals surface area (Å²) in [6.45, 7) is 0. The smallest absolute Gasteiger partial charge is 0.307 e. The van der Waals surface area contributed by atoms with E-state index in [2.05, 4.69) is 15.9 Å². The van der Waals surface area contributed by atoms with Gasteiger partial charge in [0.1, 0.15) is 5.75 Å². The molecule has 1 aromatic heterocycles. The number of thiophene rings is 1. The first-order valence-electron chi connectivity index (χ1n) is 6.18. The highest BCUT2D eigenvalue weighted by atomic mass is 79.9. The van der Waals surface area contributed by atoms with Crippen LogP contribution < -0.4 is 4.74 Å². The van der Waals surface area contributed by atoms with Crippen molar-refractivity contribution in [2.45, 2.75) is 12.8 Å². The second-order valence-corrected chi connectivity index (χ2v) is 7.05. The molecule has 0 saturated heterocycles. The van der Waals surface area contributed by atoms with Gasteiger partial charge in [0.05, 0.1) is 16.8 Å². The Balaban J connectivity index is 2.10. The summed E-state index contributed by atoms with van der Waals surface area (Å²) in [4.78, 5) is 12.5. The summed E-state index contributed by atoms with van der Waals surface area (Å²) < 4.78 is 6.19. The molecule has 1 unspecified atom stereocenters. The van der Waals surface area contributed by atoms with E-state index >= 15 is 0 Å². The predicted molar refractivity (Wildman–Crippen MR) is 83.5 cm³/mol. The van der Waals surface area contributed by atoms with Crippen LogP contribution in [0.3, 0.4) is 0 Å². The summed E-state index contributed by atoms with van der Waals surface area (Å²) >= 11 is 4.98. The first-order valence-corrected chi connectivity index (χ1v) is 7.79. The van der Waals surface area contributed by atoms with Gasteiger partial charge in [-0.1, -0.05) is 12.1 Å². The van der Waals surface area contributed by atoms with Crippen molar-refractivity contribution in [2.24, 2.45) is 5.92 Å². The molecule has 0 aliphatic carbocycles. The third kappa shape index (κ3) is 4.08. The second kappa shape index (κ2) is 6.90. The van der Waals surface area contributed by atoms with Crippen LogP contribution in [0.2, 0.25) is 0 Å². The number of methoxy groups -OCH3 is 1. The van der Waals surface area contributed by atoms with Crippen molar-refractivity contribution in [3.63, 3.8) is 0 Å². The van der Waals surface area contributed by atoms with E-state index in [1.54, 1.807) is 18.4 Å². The van der Waals surface area contributed by atoms with E-state index in [-0.39, 0.29) is 0 Å².